The lowest BCUT2D eigenvalue weighted by Gasteiger charge is -2.35. The lowest BCUT2D eigenvalue weighted by Crippen LogP contribution is -2.44. The van der Waals surface area contributed by atoms with Crippen LogP contribution in [0.2, 0.25) is 0 Å². The molecule has 110 valence electrons. The first-order chi connectivity index (χ1) is 9.40. The Morgan fingerprint density at radius 2 is 1.95 bits per heavy atom. The Bertz CT molecular complexity index is 513. The molecular formula is C14H19F2N3O. The standard InChI is InChI=1S/C14H19F2N3O/c1-18-5-3-10(4-6-18)19(2)14(20)11-7-9(15)8-12(17)13(11)16/h7-8,10H,3-6,17H2,1-2H3. The highest BCUT2D eigenvalue weighted by Crippen LogP contribution is 2.22. The molecule has 0 unspecified atom stereocenters. The van der Waals surface area contributed by atoms with Crippen molar-refractivity contribution in [2.75, 3.05) is 32.9 Å². The monoisotopic (exact) mass is 283 g/mol. The maximum atomic E-state index is 13.9. The van der Waals surface area contributed by atoms with E-state index in [2.05, 4.69) is 4.90 Å². The molecule has 1 amide bonds. The number of carbonyl (C=O) groups excluding carboxylic acids is 1. The summed E-state index contributed by atoms with van der Waals surface area (Å²) in [5.41, 5.74) is 4.72. The average molecular weight is 283 g/mol. The lowest BCUT2D eigenvalue weighted by molar-refractivity contribution is 0.0654. The quantitative estimate of drug-likeness (QED) is 0.841. The van der Waals surface area contributed by atoms with Gasteiger partial charge in [0.25, 0.3) is 5.91 Å². The highest BCUT2D eigenvalue weighted by atomic mass is 19.1. The van der Waals surface area contributed by atoms with Crippen LogP contribution in [-0.2, 0) is 0 Å². The molecule has 0 aromatic heterocycles. The molecule has 20 heavy (non-hydrogen) atoms. The van der Waals surface area contributed by atoms with Crippen LogP contribution in [0, 0.1) is 11.6 Å². The number of hydrogen-bond donors (Lipinski definition) is 1. The third-order valence-corrected chi connectivity index (χ3v) is 3.85. The number of rotatable bonds is 2. The molecular weight excluding hydrogens is 264 g/mol. The van der Waals surface area contributed by atoms with Crippen molar-refractivity contribution in [2.45, 2.75) is 18.9 Å². The normalized spacial score (nSPS) is 17.2. The molecule has 1 saturated heterocycles. The number of nitrogens with two attached hydrogens (primary N) is 1. The van der Waals surface area contributed by atoms with Gasteiger partial charge in [0.1, 0.15) is 5.82 Å². The number of likely N-dealkylation sites (tertiary alicyclic amines) is 1. The van der Waals surface area contributed by atoms with E-state index in [1.165, 1.54) is 4.90 Å². The summed E-state index contributed by atoms with van der Waals surface area (Å²) >= 11 is 0. The molecule has 2 rings (SSSR count). The average Bonchev–Trinajstić information content (AvgIpc) is 2.42. The molecule has 0 bridgehead atoms. The third kappa shape index (κ3) is 2.90. The Labute approximate surface area is 117 Å². The second-order valence-electron chi connectivity index (χ2n) is 5.31. The maximum absolute atomic E-state index is 13.9. The molecule has 2 N–H and O–H groups in total. The fourth-order valence-electron chi connectivity index (χ4n) is 2.50. The van der Waals surface area contributed by atoms with Gasteiger partial charge < -0.3 is 15.5 Å². The number of halogens is 2. The van der Waals surface area contributed by atoms with Gasteiger partial charge in [-0.3, -0.25) is 4.79 Å². The fourth-order valence-corrected chi connectivity index (χ4v) is 2.50. The lowest BCUT2D eigenvalue weighted by atomic mass is 10.0. The van der Waals surface area contributed by atoms with Crippen LogP contribution in [0.15, 0.2) is 12.1 Å². The largest absolute Gasteiger partial charge is 0.396 e. The van der Waals surface area contributed by atoms with Crippen LogP contribution in [0.4, 0.5) is 14.5 Å². The number of nitrogens with zero attached hydrogens (tertiary/aromatic N) is 2. The van der Waals surface area contributed by atoms with E-state index in [4.69, 9.17) is 5.73 Å². The van der Waals surface area contributed by atoms with E-state index >= 15 is 0 Å². The van der Waals surface area contributed by atoms with E-state index in [0.29, 0.717) is 0 Å². The van der Waals surface area contributed by atoms with Gasteiger partial charge in [0.2, 0.25) is 0 Å². The van der Waals surface area contributed by atoms with Gasteiger partial charge in [0.15, 0.2) is 5.82 Å². The third-order valence-electron chi connectivity index (χ3n) is 3.85. The van der Waals surface area contributed by atoms with E-state index in [1.54, 1.807) is 7.05 Å². The van der Waals surface area contributed by atoms with Gasteiger partial charge in [-0.05, 0) is 45.1 Å². The summed E-state index contributed by atoms with van der Waals surface area (Å²) in [6.07, 6.45) is 1.65. The minimum atomic E-state index is -0.851. The molecule has 0 saturated carbocycles. The Kier molecular flexibility index (Phi) is 4.23. The van der Waals surface area contributed by atoms with Gasteiger partial charge >= 0.3 is 0 Å². The van der Waals surface area contributed by atoms with E-state index in [9.17, 15) is 13.6 Å². The van der Waals surface area contributed by atoms with Crippen molar-refractivity contribution in [2.24, 2.45) is 0 Å². The van der Waals surface area contributed by atoms with Gasteiger partial charge in [-0.25, -0.2) is 8.78 Å². The molecule has 1 aliphatic heterocycles. The second kappa shape index (κ2) is 5.75. The predicted molar refractivity (Wildman–Crippen MR) is 73.4 cm³/mol. The molecule has 1 heterocycles. The number of nitrogen functional groups attached to an aromatic ring is 1. The summed E-state index contributed by atoms with van der Waals surface area (Å²) in [5.74, 6) is -2.08. The summed E-state index contributed by atoms with van der Waals surface area (Å²) in [4.78, 5) is 16.0. The van der Waals surface area contributed by atoms with Gasteiger partial charge in [-0.2, -0.15) is 0 Å². The Morgan fingerprint density at radius 3 is 2.55 bits per heavy atom. The number of hydrogen-bond acceptors (Lipinski definition) is 3. The molecule has 4 nitrogen and oxygen atoms in total. The predicted octanol–water partition coefficient (Wildman–Crippen LogP) is 1.71. The number of anilines is 1. The van der Waals surface area contributed by atoms with Crippen molar-refractivity contribution in [1.29, 1.82) is 0 Å². The molecule has 0 radical (unpaired) electrons. The zero-order valence-electron chi connectivity index (χ0n) is 11.7. The number of piperidine rings is 1. The Balaban J connectivity index is 2.19. The van der Waals surface area contributed by atoms with E-state index in [0.717, 1.165) is 38.1 Å². The zero-order valence-corrected chi connectivity index (χ0v) is 11.7. The zero-order chi connectivity index (χ0) is 14.9. The van der Waals surface area contributed by atoms with Crippen LogP contribution < -0.4 is 5.73 Å². The maximum Gasteiger partial charge on any atom is 0.257 e. The molecule has 0 aliphatic carbocycles. The smallest absolute Gasteiger partial charge is 0.257 e. The minimum absolute atomic E-state index is 0.0441. The Morgan fingerprint density at radius 1 is 1.35 bits per heavy atom. The summed E-state index contributed by atoms with van der Waals surface area (Å²) in [7, 11) is 3.64. The minimum Gasteiger partial charge on any atom is -0.396 e. The van der Waals surface area contributed by atoms with Crippen LogP contribution in [0.25, 0.3) is 0 Å². The Hall–Kier alpha value is -1.69. The van der Waals surface area contributed by atoms with Crippen molar-refractivity contribution >= 4 is 11.6 Å². The van der Waals surface area contributed by atoms with Crippen LogP contribution in [0.3, 0.4) is 0 Å². The number of amides is 1. The highest BCUT2D eigenvalue weighted by Gasteiger charge is 2.27. The molecule has 1 aromatic rings. The van der Waals surface area contributed by atoms with E-state index in [1.807, 2.05) is 7.05 Å². The first-order valence-corrected chi connectivity index (χ1v) is 6.60. The van der Waals surface area contributed by atoms with Crippen LogP contribution in [0.1, 0.15) is 23.2 Å². The molecule has 6 heteroatoms. The van der Waals surface area contributed by atoms with Crippen LogP contribution in [-0.4, -0.2) is 48.9 Å². The molecule has 0 atom stereocenters. The number of benzene rings is 1. The highest BCUT2D eigenvalue weighted by molar-refractivity contribution is 5.95. The summed E-state index contributed by atoms with van der Waals surface area (Å²) in [6, 6.07) is 1.82. The summed E-state index contributed by atoms with van der Waals surface area (Å²) < 4.78 is 27.2. The number of carbonyl (C=O) groups is 1. The van der Waals surface area contributed by atoms with Crippen molar-refractivity contribution in [3.63, 3.8) is 0 Å². The SMILES string of the molecule is CN1CCC(N(C)C(=O)c2cc(F)cc(N)c2F)CC1. The van der Waals surface area contributed by atoms with Gasteiger partial charge in [-0.15, -0.1) is 0 Å². The van der Waals surface area contributed by atoms with E-state index in [-0.39, 0.29) is 17.3 Å². The van der Waals surface area contributed by atoms with Crippen LogP contribution >= 0.6 is 0 Å². The topological polar surface area (TPSA) is 49.6 Å². The van der Waals surface area contributed by atoms with Crippen molar-refractivity contribution < 1.29 is 13.6 Å². The molecule has 1 fully saturated rings. The van der Waals surface area contributed by atoms with Gasteiger partial charge in [0.05, 0.1) is 11.3 Å². The first kappa shape index (κ1) is 14.7. The van der Waals surface area contributed by atoms with Crippen LogP contribution in [0.5, 0.6) is 0 Å². The first-order valence-electron chi connectivity index (χ1n) is 6.60. The summed E-state index contributed by atoms with van der Waals surface area (Å²) in [5, 5.41) is 0. The van der Waals surface area contributed by atoms with E-state index < -0.39 is 17.5 Å². The van der Waals surface area contributed by atoms with Crippen molar-refractivity contribution in [3.8, 4) is 0 Å². The molecule has 0 spiro atoms. The van der Waals surface area contributed by atoms with Gasteiger partial charge in [0, 0.05) is 13.1 Å². The van der Waals surface area contributed by atoms with Crippen molar-refractivity contribution in [1.82, 2.24) is 9.80 Å². The van der Waals surface area contributed by atoms with Gasteiger partial charge in [-0.1, -0.05) is 0 Å². The molecule has 1 aliphatic rings. The summed E-state index contributed by atoms with van der Waals surface area (Å²) in [6.45, 7) is 1.77. The second-order valence-corrected chi connectivity index (χ2v) is 5.31. The van der Waals surface area contributed by atoms with Crippen molar-refractivity contribution in [3.05, 3.63) is 29.3 Å². The fraction of sp³-hybridized carbons (Fsp3) is 0.500. The molecule has 1 aromatic carbocycles.